The molecule has 0 aliphatic rings. The molecule has 7 aromatic carbocycles. The van der Waals surface area contributed by atoms with Crippen LogP contribution in [0, 0.1) is 0 Å². The Morgan fingerprint density at radius 2 is 0.561 bits per heavy atom. The number of rotatable bonds is 10. The van der Waals surface area contributed by atoms with Crippen LogP contribution >= 0.6 is 11.3 Å². The Labute approximate surface area is 339 Å². The van der Waals surface area contributed by atoms with Crippen molar-refractivity contribution >= 4 is 33.6 Å². The van der Waals surface area contributed by atoms with E-state index >= 15 is 0 Å². The lowest BCUT2D eigenvalue weighted by Gasteiger charge is -2.18. The second kappa shape index (κ2) is 16.7. The molecule has 0 atom stereocenters. The zero-order chi connectivity index (χ0) is 38.2. The van der Waals surface area contributed by atoms with Gasteiger partial charge in [0.1, 0.15) is 0 Å². The molecule has 0 amide bonds. The van der Waals surface area contributed by atoms with Crippen LogP contribution in [0.3, 0.4) is 0 Å². The van der Waals surface area contributed by atoms with Crippen LogP contribution in [0.2, 0.25) is 0 Å². The molecule has 0 bridgehead atoms. The van der Waals surface area contributed by atoms with Crippen molar-refractivity contribution in [1.82, 2.24) is 4.98 Å². The Morgan fingerprint density at radius 3 is 0.895 bits per heavy atom. The summed E-state index contributed by atoms with van der Waals surface area (Å²) in [6.45, 7) is 0. The van der Waals surface area contributed by atoms with Gasteiger partial charge >= 0.3 is 0 Å². The van der Waals surface area contributed by atoms with Gasteiger partial charge in [-0.15, -0.1) is 11.3 Å². The van der Waals surface area contributed by atoms with Gasteiger partial charge in [-0.25, -0.2) is 0 Å². The molecule has 270 valence electrons. The first-order valence-corrected chi connectivity index (χ1v) is 20.1. The molecular weight excluding hydrogens is 707 g/mol. The molecule has 0 unspecified atom stereocenters. The number of thiophene rings is 1. The van der Waals surface area contributed by atoms with Crippen molar-refractivity contribution in [1.29, 1.82) is 0 Å². The minimum atomic E-state index is 0.963. The summed E-state index contributed by atoms with van der Waals surface area (Å²) in [5, 5.41) is 0. The van der Waals surface area contributed by atoms with E-state index < -0.39 is 0 Å². The quantitative estimate of drug-likeness (QED) is 0.127. The van der Waals surface area contributed by atoms with Crippen LogP contribution in [0.15, 0.2) is 237 Å². The van der Waals surface area contributed by atoms with Crippen molar-refractivity contribution in [3.8, 4) is 21.0 Å². The number of hydrogen-bond acceptors (Lipinski definition) is 2. The van der Waals surface area contributed by atoms with Gasteiger partial charge in [0.2, 0.25) is 0 Å². The molecule has 2 aromatic heterocycles. The fourth-order valence-corrected chi connectivity index (χ4v) is 8.56. The molecule has 0 fully saturated rings. The van der Waals surface area contributed by atoms with Gasteiger partial charge in [-0.2, -0.15) is 0 Å². The fourth-order valence-electron chi connectivity index (χ4n) is 7.57. The predicted octanol–water partition coefficient (Wildman–Crippen LogP) is 14.5. The molecule has 0 radical (unpaired) electrons. The van der Waals surface area contributed by atoms with Gasteiger partial charge in [-0.05, 0) is 85.0 Å². The summed E-state index contributed by atoms with van der Waals surface area (Å²) < 4.78 is 0. The summed E-state index contributed by atoms with van der Waals surface area (Å²) in [6.07, 6.45) is 2.03. The molecular formula is C55H39NS. The zero-order valence-corrected chi connectivity index (χ0v) is 32.2. The normalized spacial score (nSPS) is 10.8. The van der Waals surface area contributed by atoms with E-state index in [0.29, 0.717) is 0 Å². The third kappa shape index (κ3) is 7.73. The largest absolute Gasteiger partial charge is 0.255 e. The van der Waals surface area contributed by atoms with Gasteiger partial charge in [-0.1, -0.05) is 212 Å². The number of aromatic nitrogens is 1. The standard InChI is InChI=1S/C55H39NS/c1-7-19-41(20-8-1)52(42-21-9-2-10-22-42)54(45-27-15-5-16-28-45)47-33-31-40(32-34-47)50-37-38-51(57-50)49-36-35-48(39-56-49)55(46-29-17-6-18-30-46)53(43-23-11-3-12-24-43)44-25-13-4-14-26-44/h1-39H. The van der Waals surface area contributed by atoms with Crippen LogP contribution < -0.4 is 0 Å². The predicted molar refractivity (Wildman–Crippen MR) is 242 cm³/mol. The smallest absolute Gasteiger partial charge is 0.0802 e. The van der Waals surface area contributed by atoms with Gasteiger partial charge in [0.15, 0.2) is 0 Å². The van der Waals surface area contributed by atoms with Crippen LogP contribution in [-0.4, -0.2) is 4.98 Å². The van der Waals surface area contributed by atoms with Gasteiger partial charge in [0, 0.05) is 16.6 Å². The number of benzene rings is 7. The van der Waals surface area contributed by atoms with Crippen LogP contribution in [0.4, 0.5) is 0 Å². The van der Waals surface area contributed by atoms with Crippen molar-refractivity contribution in [2.75, 3.05) is 0 Å². The summed E-state index contributed by atoms with van der Waals surface area (Å²) in [7, 11) is 0. The Hall–Kier alpha value is -7.13. The van der Waals surface area contributed by atoms with Gasteiger partial charge in [-0.3, -0.25) is 4.98 Å². The molecule has 57 heavy (non-hydrogen) atoms. The van der Waals surface area contributed by atoms with Gasteiger partial charge < -0.3 is 0 Å². The van der Waals surface area contributed by atoms with Crippen molar-refractivity contribution < 1.29 is 0 Å². The minimum absolute atomic E-state index is 0.963. The first-order chi connectivity index (χ1) is 28.3. The van der Waals surface area contributed by atoms with Crippen LogP contribution in [-0.2, 0) is 0 Å². The molecule has 0 saturated carbocycles. The van der Waals surface area contributed by atoms with Gasteiger partial charge in [0.05, 0.1) is 10.6 Å². The summed E-state index contributed by atoms with van der Waals surface area (Å²) in [5.41, 5.74) is 16.2. The lowest BCUT2D eigenvalue weighted by atomic mass is 9.85. The molecule has 2 heterocycles. The highest BCUT2D eigenvalue weighted by Gasteiger charge is 2.19. The van der Waals surface area contributed by atoms with E-state index in [1.165, 1.54) is 60.5 Å². The first kappa shape index (κ1) is 35.6. The van der Waals surface area contributed by atoms with E-state index in [2.05, 4.69) is 231 Å². The highest BCUT2D eigenvalue weighted by atomic mass is 32.1. The molecule has 9 rings (SSSR count). The Balaban J connectivity index is 1.08. The molecule has 0 spiro atoms. The third-order valence-corrected chi connectivity index (χ3v) is 11.4. The van der Waals surface area contributed by atoms with Crippen LogP contribution in [0.25, 0.3) is 43.3 Å². The SMILES string of the molecule is c1ccc(C(=C(c2ccccc2)c2ccc(-c3ccc(-c4ccc(C(=C(c5ccccc5)c5ccccc5)c5ccccc5)cn4)s3)cc2)c2ccccc2)cc1. The van der Waals surface area contributed by atoms with Crippen LogP contribution in [0.1, 0.15) is 44.5 Å². The number of nitrogens with zero attached hydrogens (tertiary/aromatic N) is 1. The summed E-state index contributed by atoms with van der Waals surface area (Å²) in [4.78, 5) is 7.43. The van der Waals surface area contributed by atoms with E-state index in [4.69, 9.17) is 4.98 Å². The Morgan fingerprint density at radius 1 is 0.263 bits per heavy atom. The average molecular weight is 746 g/mol. The molecule has 9 aromatic rings. The van der Waals surface area contributed by atoms with Crippen molar-refractivity contribution in [3.63, 3.8) is 0 Å². The summed E-state index contributed by atoms with van der Waals surface area (Å²) in [6, 6.07) is 82.0. The molecule has 0 saturated heterocycles. The van der Waals surface area contributed by atoms with Crippen molar-refractivity contribution in [2.45, 2.75) is 0 Å². The van der Waals surface area contributed by atoms with E-state index in [1.54, 1.807) is 11.3 Å². The topological polar surface area (TPSA) is 12.9 Å². The minimum Gasteiger partial charge on any atom is -0.255 e. The highest BCUT2D eigenvalue weighted by molar-refractivity contribution is 7.18. The monoisotopic (exact) mass is 745 g/mol. The fraction of sp³-hybridized carbons (Fsp3) is 0. The molecule has 1 nitrogen and oxygen atoms in total. The third-order valence-electron chi connectivity index (χ3n) is 10.2. The van der Waals surface area contributed by atoms with Crippen LogP contribution in [0.5, 0.6) is 0 Å². The molecule has 0 aliphatic heterocycles. The maximum atomic E-state index is 5.09. The summed E-state index contributed by atoms with van der Waals surface area (Å²) in [5.74, 6) is 0. The number of pyridine rings is 1. The summed E-state index contributed by atoms with van der Waals surface area (Å²) >= 11 is 1.77. The molecule has 0 N–H and O–H groups in total. The average Bonchev–Trinajstić information content (AvgIpc) is 3.80. The lowest BCUT2D eigenvalue weighted by molar-refractivity contribution is 1.32. The molecule has 0 aliphatic carbocycles. The number of hydrogen-bond donors (Lipinski definition) is 0. The Kier molecular flexibility index (Phi) is 10.4. The highest BCUT2D eigenvalue weighted by Crippen LogP contribution is 2.40. The Bertz CT molecular complexity index is 2470. The van der Waals surface area contributed by atoms with E-state index in [9.17, 15) is 0 Å². The second-order valence-electron chi connectivity index (χ2n) is 13.9. The zero-order valence-electron chi connectivity index (χ0n) is 31.4. The van der Waals surface area contributed by atoms with Crippen molar-refractivity contribution in [2.24, 2.45) is 0 Å². The maximum absolute atomic E-state index is 5.09. The van der Waals surface area contributed by atoms with Crippen molar-refractivity contribution in [3.05, 3.63) is 281 Å². The maximum Gasteiger partial charge on any atom is 0.0802 e. The molecule has 2 heteroatoms. The van der Waals surface area contributed by atoms with E-state index in [-0.39, 0.29) is 0 Å². The van der Waals surface area contributed by atoms with E-state index in [1.807, 2.05) is 6.20 Å². The van der Waals surface area contributed by atoms with E-state index in [0.717, 1.165) is 27.3 Å². The lowest BCUT2D eigenvalue weighted by Crippen LogP contribution is -1.98. The first-order valence-electron chi connectivity index (χ1n) is 19.3. The van der Waals surface area contributed by atoms with Gasteiger partial charge in [0.25, 0.3) is 0 Å². The second-order valence-corrected chi connectivity index (χ2v) is 15.0.